The zero-order chi connectivity index (χ0) is 15.4. The molecule has 0 aromatic carbocycles. The Morgan fingerprint density at radius 1 is 1.36 bits per heavy atom. The van der Waals surface area contributed by atoms with E-state index in [0.717, 1.165) is 5.56 Å². The second-order valence-electron chi connectivity index (χ2n) is 4.78. The summed E-state index contributed by atoms with van der Waals surface area (Å²) in [5.74, 6) is 0.256. The monoisotopic (exact) mass is 297 g/mol. The van der Waals surface area contributed by atoms with Crippen molar-refractivity contribution in [2.24, 2.45) is 7.05 Å². The molecule has 3 heterocycles. The summed E-state index contributed by atoms with van der Waals surface area (Å²) in [7, 11) is 1.85. The summed E-state index contributed by atoms with van der Waals surface area (Å²) in [6, 6.07) is 3.31. The molecular formula is C15H15N5O2. The molecule has 3 aromatic heterocycles. The quantitative estimate of drug-likeness (QED) is 0.665. The van der Waals surface area contributed by atoms with Gasteiger partial charge in [-0.2, -0.15) is 5.10 Å². The topological polar surface area (TPSA) is 74.8 Å². The third kappa shape index (κ3) is 3.20. The van der Waals surface area contributed by atoms with Crippen molar-refractivity contribution >= 4 is 5.97 Å². The van der Waals surface area contributed by atoms with E-state index in [9.17, 15) is 4.79 Å². The molecule has 112 valence electrons. The van der Waals surface area contributed by atoms with Crippen molar-refractivity contribution in [3.8, 4) is 5.82 Å². The molecule has 0 aliphatic carbocycles. The molecule has 0 amide bonds. The van der Waals surface area contributed by atoms with Crippen LogP contribution in [0.2, 0.25) is 0 Å². The van der Waals surface area contributed by atoms with Crippen molar-refractivity contribution in [1.82, 2.24) is 24.3 Å². The molecule has 7 nitrogen and oxygen atoms in total. The lowest BCUT2D eigenvalue weighted by Crippen LogP contribution is -2.09. The lowest BCUT2D eigenvalue weighted by atomic mass is 10.2. The van der Waals surface area contributed by atoms with Gasteiger partial charge in [0.2, 0.25) is 0 Å². The van der Waals surface area contributed by atoms with Crippen LogP contribution in [-0.4, -0.2) is 36.9 Å². The van der Waals surface area contributed by atoms with Crippen LogP contribution in [-0.2, 0) is 18.2 Å². The standard InChI is InChI=1S/C15H15N5O2/c1-19-10-12(9-18-19)3-7-22-15(21)13-2-4-17-14(8-13)20-6-5-16-11-20/h2,4-6,8-11H,3,7H2,1H3. The molecule has 0 unspecified atom stereocenters. The Morgan fingerprint density at radius 3 is 3.00 bits per heavy atom. The van der Waals surface area contributed by atoms with Gasteiger partial charge in [0, 0.05) is 38.3 Å². The molecule has 0 aliphatic heterocycles. The second kappa shape index (κ2) is 6.21. The number of hydrogen-bond acceptors (Lipinski definition) is 5. The van der Waals surface area contributed by atoms with Gasteiger partial charge in [-0.1, -0.05) is 0 Å². The molecule has 0 spiro atoms. The molecule has 3 rings (SSSR count). The first kappa shape index (κ1) is 14.0. The summed E-state index contributed by atoms with van der Waals surface area (Å²) < 4.78 is 8.73. The third-order valence-electron chi connectivity index (χ3n) is 3.13. The lowest BCUT2D eigenvalue weighted by Gasteiger charge is -2.06. The number of esters is 1. The minimum Gasteiger partial charge on any atom is -0.462 e. The molecule has 7 heteroatoms. The van der Waals surface area contributed by atoms with Crippen LogP contribution in [0, 0.1) is 0 Å². The number of ether oxygens (including phenoxy) is 1. The average molecular weight is 297 g/mol. The van der Waals surface area contributed by atoms with Crippen LogP contribution in [0.3, 0.4) is 0 Å². The van der Waals surface area contributed by atoms with Gasteiger partial charge in [0.15, 0.2) is 0 Å². The first-order valence-electron chi connectivity index (χ1n) is 6.81. The van der Waals surface area contributed by atoms with Gasteiger partial charge in [-0.15, -0.1) is 0 Å². The Hall–Kier alpha value is -2.96. The van der Waals surface area contributed by atoms with Crippen molar-refractivity contribution in [1.29, 1.82) is 0 Å². The molecule has 0 bridgehead atoms. The Bertz CT molecular complexity index is 764. The number of rotatable bonds is 5. The van der Waals surface area contributed by atoms with Crippen LogP contribution in [0.5, 0.6) is 0 Å². The summed E-state index contributed by atoms with van der Waals surface area (Å²) in [5, 5.41) is 4.07. The predicted molar refractivity (Wildman–Crippen MR) is 78.6 cm³/mol. The number of imidazole rings is 1. The fourth-order valence-corrected chi connectivity index (χ4v) is 2.03. The molecular weight excluding hydrogens is 282 g/mol. The van der Waals surface area contributed by atoms with E-state index in [4.69, 9.17) is 4.74 Å². The van der Waals surface area contributed by atoms with Crippen LogP contribution in [0.4, 0.5) is 0 Å². The Kier molecular flexibility index (Phi) is 3.95. The normalized spacial score (nSPS) is 10.6. The number of carbonyl (C=O) groups excluding carboxylic acids is 1. The number of aromatic nitrogens is 5. The summed E-state index contributed by atoms with van der Waals surface area (Å²) in [6.07, 6.45) is 10.9. The highest BCUT2D eigenvalue weighted by atomic mass is 16.5. The van der Waals surface area contributed by atoms with Crippen molar-refractivity contribution in [3.05, 3.63) is 60.6 Å². The fraction of sp³-hybridized carbons (Fsp3) is 0.200. The highest BCUT2D eigenvalue weighted by molar-refractivity contribution is 5.89. The number of carbonyl (C=O) groups is 1. The first-order valence-corrected chi connectivity index (χ1v) is 6.81. The van der Waals surface area contributed by atoms with Crippen LogP contribution < -0.4 is 0 Å². The summed E-state index contributed by atoms with van der Waals surface area (Å²) in [4.78, 5) is 20.2. The Balaban J connectivity index is 1.61. The van der Waals surface area contributed by atoms with E-state index in [-0.39, 0.29) is 5.97 Å². The maximum atomic E-state index is 12.1. The Labute approximate surface area is 127 Å². The first-order chi connectivity index (χ1) is 10.7. The molecule has 0 radical (unpaired) electrons. The minimum atomic E-state index is -0.368. The van der Waals surface area contributed by atoms with Crippen molar-refractivity contribution in [2.45, 2.75) is 6.42 Å². The zero-order valence-corrected chi connectivity index (χ0v) is 12.1. The molecule has 22 heavy (non-hydrogen) atoms. The van der Waals surface area contributed by atoms with Crippen molar-refractivity contribution in [2.75, 3.05) is 6.61 Å². The van der Waals surface area contributed by atoms with E-state index in [2.05, 4.69) is 15.1 Å². The smallest absolute Gasteiger partial charge is 0.338 e. The average Bonchev–Trinajstić information content (AvgIpc) is 3.19. The lowest BCUT2D eigenvalue weighted by molar-refractivity contribution is 0.0509. The molecule has 3 aromatic rings. The number of hydrogen-bond donors (Lipinski definition) is 0. The van der Waals surface area contributed by atoms with Gasteiger partial charge in [-0.3, -0.25) is 9.25 Å². The van der Waals surface area contributed by atoms with E-state index >= 15 is 0 Å². The van der Waals surface area contributed by atoms with Gasteiger partial charge in [-0.05, 0) is 17.7 Å². The van der Waals surface area contributed by atoms with Crippen LogP contribution in [0.1, 0.15) is 15.9 Å². The summed E-state index contributed by atoms with van der Waals surface area (Å²) >= 11 is 0. The number of pyridine rings is 1. The largest absolute Gasteiger partial charge is 0.462 e. The molecule has 0 saturated heterocycles. The van der Waals surface area contributed by atoms with Crippen molar-refractivity contribution in [3.63, 3.8) is 0 Å². The highest BCUT2D eigenvalue weighted by Crippen LogP contribution is 2.08. The van der Waals surface area contributed by atoms with Gasteiger partial charge < -0.3 is 4.74 Å². The maximum Gasteiger partial charge on any atom is 0.338 e. The van der Waals surface area contributed by atoms with E-state index in [0.29, 0.717) is 24.4 Å². The van der Waals surface area contributed by atoms with E-state index < -0.39 is 0 Å². The number of nitrogens with zero attached hydrogens (tertiary/aromatic N) is 5. The molecule has 0 fully saturated rings. The summed E-state index contributed by atoms with van der Waals surface area (Å²) in [6.45, 7) is 0.313. The fourth-order valence-electron chi connectivity index (χ4n) is 2.03. The van der Waals surface area contributed by atoms with Gasteiger partial charge in [0.25, 0.3) is 0 Å². The molecule has 0 atom stereocenters. The van der Waals surface area contributed by atoms with Crippen LogP contribution >= 0.6 is 0 Å². The van der Waals surface area contributed by atoms with E-state index in [1.807, 2.05) is 13.2 Å². The van der Waals surface area contributed by atoms with E-state index in [1.165, 1.54) is 0 Å². The molecule has 0 aliphatic rings. The van der Waals surface area contributed by atoms with Crippen LogP contribution in [0.15, 0.2) is 49.4 Å². The van der Waals surface area contributed by atoms with Gasteiger partial charge in [0.05, 0.1) is 18.4 Å². The summed E-state index contributed by atoms with van der Waals surface area (Å²) in [5.41, 5.74) is 1.49. The van der Waals surface area contributed by atoms with Gasteiger partial charge in [-0.25, -0.2) is 14.8 Å². The van der Waals surface area contributed by atoms with Gasteiger partial charge >= 0.3 is 5.97 Å². The number of aryl methyl sites for hydroxylation is 1. The second-order valence-corrected chi connectivity index (χ2v) is 4.78. The van der Waals surface area contributed by atoms with Crippen LogP contribution in [0.25, 0.3) is 5.82 Å². The minimum absolute atomic E-state index is 0.313. The third-order valence-corrected chi connectivity index (χ3v) is 3.13. The SMILES string of the molecule is Cn1cc(CCOC(=O)c2ccnc(-n3ccnc3)c2)cn1. The molecule has 0 N–H and O–H groups in total. The molecule has 0 saturated carbocycles. The maximum absolute atomic E-state index is 12.1. The highest BCUT2D eigenvalue weighted by Gasteiger charge is 2.09. The zero-order valence-electron chi connectivity index (χ0n) is 12.1. The van der Waals surface area contributed by atoms with Gasteiger partial charge in [0.1, 0.15) is 12.1 Å². The van der Waals surface area contributed by atoms with E-state index in [1.54, 1.807) is 52.5 Å². The van der Waals surface area contributed by atoms with Crippen molar-refractivity contribution < 1.29 is 9.53 Å². The predicted octanol–water partition coefficient (Wildman–Crippen LogP) is 1.40. The Morgan fingerprint density at radius 2 is 2.27 bits per heavy atom.